The topological polar surface area (TPSA) is 114 Å². The normalized spacial score (nSPS) is 11.9. The average molecular weight is 582 g/mol. The molecule has 1 atom stereocenters. The lowest BCUT2D eigenvalue weighted by atomic mass is 10.1. The molecule has 0 fully saturated rings. The first-order valence-corrected chi connectivity index (χ1v) is 13.9. The number of hydrogen-bond acceptors (Lipinski definition) is 8. The van der Waals surface area contributed by atoms with Gasteiger partial charge in [-0.15, -0.1) is 0 Å². The molecule has 0 aliphatic carbocycles. The first-order valence-electron chi connectivity index (χ1n) is 12.5. The Morgan fingerprint density at radius 2 is 1.75 bits per heavy atom. The van der Waals surface area contributed by atoms with Gasteiger partial charge in [0.25, 0.3) is 5.91 Å². The summed E-state index contributed by atoms with van der Waals surface area (Å²) >= 11 is 3.61. The Morgan fingerprint density at radius 3 is 2.40 bits per heavy atom. The second-order valence-electron chi connectivity index (χ2n) is 9.11. The molecule has 4 aromatic rings. The van der Waals surface area contributed by atoms with Crippen molar-refractivity contribution in [1.82, 2.24) is 19.8 Å². The predicted molar refractivity (Wildman–Crippen MR) is 158 cm³/mol. The van der Waals surface area contributed by atoms with Crippen molar-refractivity contribution >= 4 is 62.8 Å². The molecular formula is C28H30ClN6O4S-. The Bertz CT molecular complexity index is 1540. The minimum Gasteiger partial charge on any atom is -0.755 e. The van der Waals surface area contributed by atoms with Gasteiger partial charge in [-0.05, 0) is 63.5 Å². The van der Waals surface area contributed by atoms with E-state index in [1.165, 1.54) is 13.2 Å². The summed E-state index contributed by atoms with van der Waals surface area (Å²) in [5.41, 5.74) is 2.07. The summed E-state index contributed by atoms with van der Waals surface area (Å²) in [4.78, 5) is 26.3. The van der Waals surface area contributed by atoms with Crippen molar-refractivity contribution in [3.05, 3.63) is 77.3 Å². The van der Waals surface area contributed by atoms with E-state index in [1.54, 1.807) is 59.5 Å². The molecule has 12 heteroatoms. The van der Waals surface area contributed by atoms with E-state index in [-0.39, 0.29) is 23.2 Å². The summed E-state index contributed by atoms with van der Waals surface area (Å²) in [6.07, 6.45) is 0. The minimum atomic E-state index is -2.82. The number of para-hydroxylation sites is 2. The van der Waals surface area contributed by atoms with E-state index < -0.39 is 11.3 Å². The summed E-state index contributed by atoms with van der Waals surface area (Å²) < 4.78 is 31.8. The molecule has 0 aliphatic rings. The molecule has 40 heavy (non-hydrogen) atoms. The highest BCUT2D eigenvalue weighted by atomic mass is 35.5. The molecule has 0 saturated carbocycles. The highest BCUT2D eigenvalue weighted by molar-refractivity contribution is 7.81. The van der Waals surface area contributed by atoms with Crippen LogP contribution in [0.25, 0.3) is 11.0 Å². The molecule has 3 aromatic carbocycles. The maximum absolute atomic E-state index is 13.3. The van der Waals surface area contributed by atoms with Gasteiger partial charge in [-0.1, -0.05) is 29.8 Å². The first-order chi connectivity index (χ1) is 19.2. The predicted octanol–water partition coefficient (Wildman–Crippen LogP) is 4.99. The van der Waals surface area contributed by atoms with Gasteiger partial charge in [-0.3, -0.25) is 13.3 Å². The average Bonchev–Trinajstić information content (AvgIpc) is 2.94. The van der Waals surface area contributed by atoms with Crippen molar-refractivity contribution in [2.24, 2.45) is 0 Å². The fourth-order valence-corrected chi connectivity index (χ4v) is 4.74. The van der Waals surface area contributed by atoms with Crippen LogP contribution in [0, 0.1) is 0 Å². The molecule has 210 valence electrons. The van der Waals surface area contributed by atoms with Crippen LogP contribution in [-0.4, -0.2) is 75.3 Å². The zero-order valence-corrected chi connectivity index (χ0v) is 24.2. The number of aromatic nitrogens is 2. The number of halogens is 1. The van der Waals surface area contributed by atoms with Crippen molar-refractivity contribution in [2.45, 2.75) is 6.92 Å². The molecule has 1 heterocycles. The third-order valence-electron chi connectivity index (χ3n) is 6.13. The van der Waals surface area contributed by atoms with E-state index in [1.807, 2.05) is 32.0 Å². The molecule has 0 aliphatic heterocycles. The number of fused-ring (bicyclic) bond motifs is 1. The van der Waals surface area contributed by atoms with Gasteiger partial charge in [-0.25, -0.2) is 9.97 Å². The smallest absolute Gasteiger partial charge is 0.253 e. The van der Waals surface area contributed by atoms with E-state index >= 15 is 0 Å². The Morgan fingerprint density at radius 1 is 1.02 bits per heavy atom. The number of nitrogens with zero attached hydrogens (tertiary/aromatic N) is 5. The summed E-state index contributed by atoms with van der Waals surface area (Å²) in [7, 11) is 5.41. The quantitative estimate of drug-likeness (QED) is 0.246. The van der Waals surface area contributed by atoms with Crippen molar-refractivity contribution in [3.63, 3.8) is 0 Å². The number of ether oxygens (including phenoxy) is 1. The van der Waals surface area contributed by atoms with E-state index in [4.69, 9.17) is 16.3 Å². The van der Waals surface area contributed by atoms with Crippen LogP contribution in [0.2, 0.25) is 5.02 Å². The van der Waals surface area contributed by atoms with Gasteiger partial charge >= 0.3 is 0 Å². The van der Waals surface area contributed by atoms with E-state index in [2.05, 4.69) is 15.3 Å². The Labute approximate surface area is 241 Å². The fourth-order valence-electron chi connectivity index (χ4n) is 4.02. The highest BCUT2D eigenvalue weighted by Crippen LogP contribution is 2.36. The number of anilines is 4. The van der Waals surface area contributed by atoms with Crippen LogP contribution in [0.3, 0.4) is 0 Å². The molecule has 10 nitrogen and oxygen atoms in total. The van der Waals surface area contributed by atoms with Crippen LogP contribution in [-0.2, 0) is 11.3 Å². The molecule has 0 bridgehead atoms. The number of likely N-dealkylation sites (N-methyl/N-ethyl adjacent to an activating group) is 2. The van der Waals surface area contributed by atoms with Gasteiger partial charge in [-0.2, -0.15) is 0 Å². The lowest BCUT2D eigenvalue weighted by molar-refractivity contribution is 0.0754. The Hall–Kier alpha value is -3.77. The number of hydrogen-bond donors (Lipinski definition) is 1. The number of amides is 1. The lowest BCUT2D eigenvalue weighted by Crippen LogP contribution is -2.36. The van der Waals surface area contributed by atoms with E-state index in [0.29, 0.717) is 52.7 Å². The summed E-state index contributed by atoms with van der Waals surface area (Å²) in [6, 6.07) is 18.6. The largest absolute Gasteiger partial charge is 0.755 e. The molecule has 4 rings (SSSR count). The maximum Gasteiger partial charge on any atom is 0.253 e. The van der Waals surface area contributed by atoms with Gasteiger partial charge in [0.1, 0.15) is 5.75 Å². The lowest BCUT2D eigenvalue weighted by Gasteiger charge is -2.28. The van der Waals surface area contributed by atoms with Crippen molar-refractivity contribution < 1.29 is 18.3 Å². The van der Waals surface area contributed by atoms with Gasteiger partial charge in [0.05, 0.1) is 45.8 Å². The summed E-state index contributed by atoms with van der Waals surface area (Å²) in [5.74, 6) is 0.507. The number of methoxy groups -OCH3 is 1. The number of carbonyl (C=O) groups excluding carboxylic acids is 1. The van der Waals surface area contributed by atoms with Gasteiger partial charge in [0.15, 0.2) is 11.6 Å². The third-order valence-corrected chi connectivity index (χ3v) is 7.15. The van der Waals surface area contributed by atoms with E-state index in [0.717, 1.165) is 4.31 Å². The molecule has 1 N–H and O–H groups in total. The summed E-state index contributed by atoms with van der Waals surface area (Å²) in [6.45, 7) is 3.65. The van der Waals surface area contributed by atoms with Crippen LogP contribution < -0.4 is 14.4 Å². The van der Waals surface area contributed by atoms with Crippen LogP contribution in [0.5, 0.6) is 5.75 Å². The van der Waals surface area contributed by atoms with Crippen LogP contribution in [0.4, 0.5) is 23.0 Å². The summed E-state index contributed by atoms with van der Waals surface area (Å²) in [5, 5.41) is 3.50. The maximum atomic E-state index is 13.3. The number of carbonyl (C=O) groups is 1. The monoisotopic (exact) mass is 581 g/mol. The highest BCUT2D eigenvalue weighted by Gasteiger charge is 2.22. The van der Waals surface area contributed by atoms with Crippen LogP contribution >= 0.6 is 11.6 Å². The minimum absolute atomic E-state index is 0.00970. The number of benzene rings is 3. The fraction of sp³-hybridized carbons (Fsp3) is 0.250. The van der Waals surface area contributed by atoms with E-state index in [9.17, 15) is 13.6 Å². The second kappa shape index (κ2) is 13.1. The molecular weight excluding hydrogens is 552 g/mol. The standard InChI is InChI=1S/C28H31ClN6O4S/c1-5-34(16-15-33(2)3)28(36)19-9-8-10-20(17-19)35(40(37)38)27-26(30-23-11-6-7-12-24(23)32-27)31-25-18-21(39-4)13-14-22(25)29/h6-14,17-18H,5,15-16H2,1-4H3,(H,30,31)(H,37,38)/p-1. The molecule has 1 amide bonds. The third kappa shape index (κ3) is 6.68. The Balaban J connectivity index is 1.81. The zero-order chi connectivity index (χ0) is 28.8. The molecule has 0 radical (unpaired) electrons. The molecule has 0 spiro atoms. The van der Waals surface area contributed by atoms with Gasteiger partial charge in [0, 0.05) is 31.3 Å². The molecule has 0 saturated heterocycles. The molecule has 1 aromatic heterocycles. The van der Waals surface area contributed by atoms with Gasteiger partial charge in [0.2, 0.25) is 0 Å². The van der Waals surface area contributed by atoms with Crippen LogP contribution in [0.15, 0.2) is 66.7 Å². The van der Waals surface area contributed by atoms with Gasteiger partial charge < -0.3 is 24.4 Å². The van der Waals surface area contributed by atoms with Crippen LogP contribution in [0.1, 0.15) is 17.3 Å². The van der Waals surface area contributed by atoms with Crippen molar-refractivity contribution in [2.75, 3.05) is 50.5 Å². The van der Waals surface area contributed by atoms with Crippen molar-refractivity contribution in [1.29, 1.82) is 0 Å². The Kier molecular flexibility index (Phi) is 9.54. The first kappa shape index (κ1) is 29.2. The molecule has 1 unspecified atom stereocenters. The SMILES string of the molecule is CCN(CCN(C)C)C(=O)c1cccc(N(c2nc3ccccc3nc2Nc2cc(OC)ccc2Cl)S(=O)[O-])c1. The number of nitrogens with one attached hydrogen (secondary N) is 1. The zero-order valence-electron chi connectivity index (χ0n) is 22.6. The number of rotatable bonds is 11. The second-order valence-corrected chi connectivity index (χ2v) is 10.3. The van der Waals surface area contributed by atoms with Crippen molar-refractivity contribution in [3.8, 4) is 5.75 Å².